The second kappa shape index (κ2) is 7.93. The Labute approximate surface area is 189 Å². The molecule has 1 aromatic carbocycles. The Hall–Kier alpha value is -3.75. The summed E-state index contributed by atoms with van der Waals surface area (Å²) in [5, 5.41) is 4.05. The molecule has 1 fully saturated rings. The van der Waals surface area contributed by atoms with E-state index in [0.29, 0.717) is 12.1 Å². The fraction of sp³-hybridized carbons (Fsp3) is 0.318. The fourth-order valence-corrected chi connectivity index (χ4v) is 3.63. The lowest BCUT2D eigenvalue weighted by atomic mass is 10.0. The summed E-state index contributed by atoms with van der Waals surface area (Å²) in [5.74, 6) is -6.68. The van der Waals surface area contributed by atoms with Crippen molar-refractivity contribution in [2.75, 3.05) is 5.32 Å². The van der Waals surface area contributed by atoms with Gasteiger partial charge in [-0.15, -0.1) is 6.42 Å². The Morgan fingerprint density at radius 3 is 2.26 bits per heavy atom. The number of nitrogens with one attached hydrogen (secondary N) is 2. The van der Waals surface area contributed by atoms with Crippen LogP contribution in [0.2, 0.25) is 0 Å². The molecule has 1 aliphatic carbocycles. The normalized spacial score (nSPS) is 18.7. The molecule has 1 aromatic heterocycles. The van der Waals surface area contributed by atoms with Crippen molar-refractivity contribution in [2.45, 2.75) is 37.9 Å². The number of hydrogen-bond acceptors (Lipinski definition) is 3. The van der Waals surface area contributed by atoms with Crippen molar-refractivity contribution in [3.63, 3.8) is 0 Å². The van der Waals surface area contributed by atoms with E-state index in [2.05, 4.69) is 5.32 Å². The number of alkyl halides is 5. The number of benzene rings is 1. The molecule has 1 atom stereocenters. The van der Waals surface area contributed by atoms with Crippen LogP contribution in [0.3, 0.4) is 0 Å². The van der Waals surface area contributed by atoms with E-state index < -0.39 is 53.0 Å². The zero-order chi connectivity index (χ0) is 25.8. The SMILES string of the molecule is C#CC1(NC(=O)C(=O)c2c(C)c(C(=O)Nc3ccc(F)c(C(F)(F)F)c3)n(C)c2C)CC1(F)F. The van der Waals surface area contributed by atoms with Gasteiger partial charge in [0.15, 0.2) is 5.54 Å². The van der Waals surface area contributed by atoms with E-state index in [1.54, 1.807) is 5.92 Å². The Kier molecular flexibility index (Phi) is 5.80. The van der Waals surface area contributed by atoms with Crippen LogP contribution in [-0.2, 0) is 18.0 Å². The molecule has 2 amide bonds. The number of rotatable bonds is 5. The zero-order valence-electron chi connectivity index (χ0n) is 18.0. The highest BCUT2D eigenvalue weighted by atomic mass is 19.4. The van der Waals surface area contributed by atoms with Crippen LogP contribution in [0.15, 0.2) is 18.2 Å². The highest BCUT2D eigenvalue weighted by Crippen LogP contribution is 2.52. The molecule has 0 bridgehead atoms. The molecule has 2 N–H and O–H groups in total. The van der Waals surface area contributed by atoms with Gasteiger partial charge in [0.2, 0.25) is 0 Å². The first-order valence-corrected chi connectivity index (χ1v) is 9.62. The molecule has 0 saturated heterocycles. The molecular formula is C22H17F6N3O3. The highest BCUT2D eigenvalue weighted by molar-refractivity contribution is 6.44. The van der Waals surface area contributed by atoms with Crippen molar-refractivity contribution in [1.82, 2.24) is 9.88 Å². The molecule has 1 saturated carbocycles. The number of nitrogens with zero attached hydrogens (tertiary/aromatic N) is 1. The third-order valence-electron chi connectivity index (χ3n) is 5.67. The third-order valence-corrected chi connectivity index (χ3v) is 5.67. The molecular weight excluding hydrogens is 468 g/mol. The number of terminal acetylenes is 1. The van der Waals surface area contributed by atoms with Gasteiger partial charge in [0.1, 0.15) is 11.5 Å². The number of halogens is 6. The number of Topliss-reactive ketones (excluding diaryl/α,β-unsaturated/α-hetero) is 1. The topological polar surface area (TPSA) is 80.2 Å². The smallest absolute Gasteiger partial charge is 0.343 e. The summed E-state index contributed by atoms with van der Waals surface area (Å²) in [6.45, 7) is 2.68. The first kappa shape index (κ1) is 24.9. The van der Waals surface area contributed by atoms with Crippen LogP contribution in [0.25, 0.3) is 0 Å². The standard InChI is InChI=1S/C22H17F6N3O3/c1-5-20(9-21(20,24)25)30-19(34)17(32)15-10(2)16(31(4)11(15)3)18(33)29-12-6-7-14(23)13(8-12)22(26,27)28/h1,6-8H,9H2,2-4H3,(H,29,33)(H,30,34). The maximum atomic E-state index is 13.5. The number of aromatic nitrogens is 1. The van der Waals surface area contributed by atoms with Crippen LogP contribution in [0.5, 0.6) is 0 Å². The van der Waals surface area contributed by atoms with E-state index in [1.165, 1.54) is 25.5 Å². The van der Waals surface area contributed by atoms with Crippen LogP contribution < -0.4 is 10.6 Å². The molecule has 1 aliphatic rings. The quantitative estimate of drug-likeness (QED) is 0.293. The molecule has 3 rings (SSSR count). The molecule has 6 nitrogen and oxygen atoms in total. The predicted molar refractivity (Wildman–Crippen MR) is 108 cm³/mol. The largest absolute Gasteiger partial charge is 0.419 e. The lowest BCUT2D eigenvalue weighted by molar-refractivity contribution is -0.139. The van der Waals surface area contributed by atoms with Gasteiger partial charge in [-0.2, -0.15) is 13.2 Å². The molecule has 34 heavy (non-hydrogen) atoms. The maximum absolute atomic E-state index is 13.5. The Morgan fingerprint density at radius 2 is 1.76 bits per heavy atom. The van der Waals surface area contributed by atoms with Crippen molar-refractivity contribution in [1.29, 1.82) is 0 Å². The summed E-state index contributed by atoms with van der Waals surface area (Å²) < 4.78 is 80.6. The average Bonchev–Trinajstić information content (AvgIpc) is 3.19. The number of anilines is 1. The van der Waals surface area contributed by atoms with Gasteiger partial charge in [-0.25, -0.2) is 13.2 Å². The van der Waals surface area contributed by atoms with Gasteiger partial charge >= 0.3 is 6.18 Å². The second-order valence-electron chi connectivity index (χ2n) is 7.85. The van der Waals surface area contributed by atoms with E-state index in [-0.39, 0.29) is 28.2 Å². The summed E-state index contributed by atoms with van der Waals surface area (Å²) in [7, 11) is 1.36. The van der Waals surface area contributed by atoms with E-state index in [9.17, 15) is 40.7 Å². The predicted octanol–water partition coefficient (Wildman–Crippen LogP) is 3.76. The van der Waals surface area contributed by atoms with E-state index in [1.807, 2.05) is 5.32 Å². The molecule has 1 unspecified atom stereocenters. The fourth-order valence-electron chi connectivity index (χ4n) is 3.63. The molecule has 2 aromatic rings. The van der Waals surface area contributed by atoms with Crippen molar-refractivity contribution in [2.24, 2.45) is 7.05 Å². The van der Waals surface area contributed by atoms with Crippen molar-refractivity contribution in [3.05, 3.63) is 52.1 Å². The maximum Gasteiger partial charge on any atom is 0.419 e. The summed E-state index contributed by atoms with van der Waals surface area (Å²) in [6.07, 6.45) is -0.750. The van der Waals surface area contributed by atoms with Crippen LogP contribution in [0.4, 0.5) is 32.0 Å². The highest BCUT2D eigenvalue weighted by Gasteiger charge is 2.72. The number of ketones is 1. The van der Waals surface area contributed by atoms with Crippen molar-refractivity contribution < 1.29 is 40.7 Å². The van der Waals surface area contributed by atoms with Crippen LogP contribution in [0.1, 0.15) is 44.1 Å². The van der Waals surface area contributed by atoms with Gasteiger partial charge in [0.05, 0.1) is 17.5 Å². The molecule has 0 radical (unpaired) electrons. The van der Waals surface area contributed by atoms with Crippen LogP contribution in [0, 0.1) is 32.0 Å². The molecule has 12 heteroatoms. The van der Waals surface area contributed by atoms with Gasteiger partial charge in [0.25, 0.3) is 23.5 Å². The summed E-state index contributed by atoms with van der Waals surface area (Å²) >= 11 is 0. The van der Waals surface area contributed by atoms with Crippen molar-refractivity contribution >= 4 is 23.3 Å². The lowest BCUT2D eigenvalue weighted by Crippen LogP contribution is -2.44. The van der Waals surface area contributed by atoms with E-state index in [4.69, 9.17) is 6.42 Å². The minimum atomic E-state index is -5.00. The Balaban J connectivity index is 1.90. The average molecular weight is 485 g/mol. The van der Waals surface area contributed by atoms with Gasteiger partial charge < -0.3 is 15.2 Å². The van der Waals surface area contributed by atoms with Crippen molar-refractivity contribution in [3.8, 4) is 12.3 Å². The Bertz CT molecular complexity index is 1270. The summed E-state index contributed by atoms with van der Waals surface area (Å²) in [6, 6.07) is 1.87. The molecule has 0 spiro atoms. The molecule has 1 heterocycles. The van der Waals surface area contributed by atoms with E-state index in [0.717, 1.165) is 6.07 Å². The first-order chi connectivity index (χ1) is 15.6. The van der Waals surface area contributed by atoms with Gasteiger partial charge in [0, 0.05) is 18.4 Å². The minimum Gasteiger partial charge on any atom is -0.343 e. The third kappa shape index (κ3) is 4.02. The first-order valence-electron chi connectivity index (χ1n) is 9.62. The number of carbonyl (C=O) groups is 3. The minimum absolute atomic E-state index is 0.0203. The van der Waals surface area contributed by atoms with Gasteiger partial charge in [-0.1, -0.05) is 5.92 Å². The van der Waals surface area contributed by atoms with Crippen LogP contribution in [-0.4, -0.2) is 33.6 Å². The van der Waals surface area contributed by atoms with Gasteiger partial charge in [-0.3, -0.25) is 14.4 Å². The summed E-state index contributed by atoms with van der Waals surface area (Å²) in [4.78, 5) is 37.9. The van der Waals surface area contributed by atoms with Gasteiger partial charge in [-0.05, 0) is 37.6 Å². The number of hydrogen-bond donors (Lipinski definition) is 2. The number of carbonyl (C=O) groups excluding carboxylic acids is 3. The van der Waals surface area contributed by atoms with Crippen LogP contribution >= 0.6 is 0 Å². The number of amides is 2. The second-order valence-corrected chi connectivity index (χ2v) is 7.85. The molecule has 0 aliphatic heterocycles. The molecule has 180 valence electrons. The Morgan fingerprint density at radius 1 is 1.18 bits per heavy atom. The zero-order valence-corrected chi connectivity index (χ0v) is 18.0. The lowest BCUT2D eigenvalue weighted by Gasteiger charge is -2.12. The summed E-state index contributed by atoms with van der Waals surface area (Å²) in [5.41, 5.74) is -4.56. The van der Waals surface area contributed by atoms with E-state index >= 15 is 0 Å². The monoisotopic (exact) mass is 485 g/mol.